The Morgan fingerprint density at radius 1 is 1.53 bits per heavy atom. The summed E-state index contributed by atoms with van der Waals surface area (Å²) in [6.45, 7) is 8.23. The Bertz CT molecular complexity index is 287. The number of nitrogens with zero attached hydrogens (tertiary/aromatic N) is 2. The molecule has 1 aliphatic rings. The largest absolute Gasteiger partial charge is 0.357 e. The van der Waals surface area contributed by atoms with E-state index in [0.717, 1.165) is 25.9 Å². The van der Waals surface area contributed by atoms with Gasteiger partial charge in [0.15, 0.2) is 0 Å². The lowest BCUT2D eigenvalue weighted by Crippen LogP contribution is -2.45. The summed E-state index contributed by atoms with van der Waals surface area (Å²) in [5.41, 5.74) is 3.92. The van der Waals surface area contributed by atoms with Crippen molar-refractivity contribution >= 4 is 0 Å². The molecule has 4 heteroatoms. The first-order valence-electron chi connectivity index (χ1n) is 5.07. The Morgan fingerprint density at radius 2 is 2.27 bits per heavy atom. The van der Waals surface area contributed by atoms with E-state index in [2.05, 4.69) is 18.6 Å². The maximum absolute atomic E-state index is 8.74. The van der Waals surface area contributed by atoms with E-state index in [4.69, 9.17) is 10.00 Å². The Hall–Kier alpha value is -1.31. The van der Waals surface area contributed by atoms with Crippen LogP contribution in [-0.2, 0) is 4.74 Å². The molecule has 1 fully saturated rings. The van der Waals surface area contributed by atoms with Crippen LogP contribution in [0.1, 0.15) is 19.3 Å². The van der Waals surface area contributed by atoms with E-state index in [0.29, 0.717) is 11.3 Å². The minimum atomic E-state index is -0.0404. The van der Waals surface area contributed by atoms with Gasteiger partial charge in [-0.25, -0.2) is 5.43 Å². The third kappa shape index (κ3) is 2.82. The van der Waals surface area contributed by atoms with Crippen LogP contribution in [0.2, 0.25) is 0 Å². The van der Waals surface area contributed by atoms with Crippen LogP contribution in [0.25, 0.3) is 0 Å². The molecule has 0 aliphatic carbocycles. The molecular formula is C11H17N3O. The van der Waals surface area contributed by atoms with Crippen molar-refractivity contribution in [2.45, 2.75) is 25.5 Å². The lowest BCUT2D eigenvalue weighted by molar-refractivity contribution is -0.0862. The summed E-state index contributed by atoms with van der Waals surface area (Å²) >= 11 is 0. The SMILES string of the molecule is C=C(C#N)C(=C)N(NC)C1CCCCO1. The Morgan fingerprint density at radius 3 is 2.73 bits per heavy atom. The molecule has 82 valence electrons. The van der Waals surface area contributed by atoms with Crippen molar-refractivity contribution in [3.8, 4) is 6.07 Å². The average Bonchev–Trinajstić information content (AvgIpc) is 2.30. The zero-order chi connectivity index (χ0) is 11.3. The van der Waals surface area contributed by atoms with Gasteiger partial charge in [0.2, 0.25) is 0 Å². The van der Waals surface area contributed by atoms with E-state index in [1.54, 1.807) is 12.1 Å². The second-order valence-electron chi connectivity index (χ2n) is 3.45. The fraction of sp³-hybridized carbons (Fsp3) is 0.545. The summed E-state index contributed by atoms with van der Waals surface area (Å²) in [5, 5.41) is 10.5. The van der Waals surface area contributed by atoms with Crippen molar-refractivity contribution in [1.82, 2.24) is 10.4 Å². The lowest BCUT2D eigenvalue weighted by Gasteiger charge is -2.35. The summed E-state index contributed by atoms with van der Waals surface area (Å²) in [5.74, 6) is 0. The van der Waals surface area contributed by atoms with Gasteiger partial charge < -0.3 is 4.74 Å². The maximum atomic E-state index is 8.74. The van der Waals surface area contributed by atoms with Gasteiger partial charge in [-0.3, -0.25) is 5.01 Å². The zero-order valence-corrected chi connectivity index (χ0v) is 9.12. The molecule has 0 bridgehead atoms. The Labute approximate surface area is 90.8 Å². The van der Waals surface area contributed by atoms with E-state index in [1.807, 2.05) is 6.07 Å². The molecular weight excluding hydrogens is 190 g/mol. The number of allylic oxidation sites excluding steroid dienone is 1. The zero-order valence-electron chi connectivity index (χ0n) is 9.12. The van der Waals surface area contributed by atoms with Gasteiger partial charge in [0.1, 0.15) is 12.3 Å². The van der Waals surface area contributed by atoms with E-state index < -0.39 is 0 Å². The molecule has 0 aromatic rings. The topological polar surface area (TPSA) is 48.3 Å². The van der Waals surface area contributed by atoms with Crippen LogP contribution in [0, 0.1) is 11.3 Å². The number of rotatable bonds is 4. The first-order chi connectivity index (χ1) is 7.20. The normalized spacial score (nSPS) is 20.4. The van der Waals surface area contributed by atoms with Crippen molar-refractivity contribution in [3.05, 3.63) is 24.4 Å². The quantitative estimate of drug-likeness (QED) is 0.431. The van der Waals surface area contributed by atoms with Crippen molar-refractivity contribution in [1.29, 1.82) is 5.26 Å². The first kappa shape index (κ1) is 11.8. The minimum Gasteiger partial charge on any atom is -0.357 e. The second kappa shape index (κ2) is 5.54. The molecule has 1 saturated heterocycles. The summed E-state index contributed by atoms with van der Waals surface area (Å²) in [6, 6.07) is 1.99. The number of nitriles is 1. The molecule has 0 spiro atoms. The van der Waals surface area contributed by atoms with Gasteiger partial charge in [0.05, 0.1) is 11.3 Å². The van der Waals surface area contributed by atoms with E-state index >= 15 is 0 Å². The summed E-state index contributed by atoms with van der Waals surface area (Å²) in [6.07, 6.45) is 3.13. The number of nitrogens with one attached hydrogen (secondary N) is 1. The summed E-state index contributed by atoms with van der Waals surface area (Å²) < 4.78 is 5.60. The number of ether oxygens (including phenoxy) is 1. The van der Waals surface area contributed by atoms with Gasteiger partial charge in [-0.2, -0.15) is 5.26 Å². The van der Waals surface area contributed by atoms with Crippen LogP contribution >= 0.6 is 0 Å². The highest BCUT2D eigenvalue weighted by Gasteiger charge is 2.22. The first-order valence-corrected chi connectivity index (χ1v) is 5.07. The summed E-state index contributed by atoms with van der Waals surface area (Å²) in [7, 11) is 1.79. The van der Waals surface area contributed by atoms with Crippen LogP contribution in [0.15, 0.2) is 24.4 Å². The Balaban J connectivity index is 2.65. The van der Waals surface area contributed by atoms with Gasteiger partial charge in [-0.1, -0.05) is 13.2 Å². The van der Waals surface area contributed by atoms with Crippen molar-refractivity contribution in [2.24, 2.45) is 0 Å². The van der Waals surface area contributed by atoms with Crippen LogP contribution in [0.4, 0.5) is 0 Å². The van der Waals surface area contributed by atoms with Crippen LogP contribution in [0.3, 0.4) is 0 Å². The molecule has 1 rings (SSSR count). The van der Waals surface area contributed by atoms with Gasteiger partial charge >= 0.3 is 0 Å². The van der Waals surface area contributed by atoms with Crippen molar-refractivity contribution < 1.29 is 4.74 Å². The molecule has 15 heavy (non-hydrogen) atoms. The molecule has 1 atom stereocenters. The van der Waals surface area contributed by atoms with Crippen LogP contribution < -0.4 is 5.43 Å². The highest BCUT2D eigenvalue weighted by atomic mass is 16.5. The lowest BCUT2D eigenvalue weighted by atomic mass is 10.1. The maximum Gasteiger partial charge on any atom is 0.144 e. The van der Waals surface area contributed by atoms with Crippen LogP contribution in [-0.4, -0.2) is 24.9 Å². The van der Waals surface area contributed by atoms with Gasteiger partial charge in [0.25, 0.3) is 0 Å². The standard InChI is InChI=1S/C11H17N3O/c1-9(8-12)10(2)14(13-3)11-6-4-5-7-15-11/h11,13H,1-2,4-7H2,3H3. The molecule has 0 amide bonds. The third-order valence-corrected chi connectivity index (χ3v) is 2.46. The third-order valence-electron chi connectivity index (χ3n) is 2.46. The van der Waals surface area contributed by atoms with Gasteiger partial charge in [-0.15, -0.1) is 0 Å². The fourth-order valence-electron chi connectivity index (χ4n) is 1.59. The molecule has 4 nitrogen and oxygen atoms in total. The molecule has 0 aromatic carbocycles. The molecule has 1 unspecified atom stereocenters. The number of hydrazine groups is 1. The molecule has 0 aromatic heterocycles. The van der Waals surface area contributed by atoms with E-state index in [1.165, 1.54) is 0 Å². The molecule has 1 heterocycles. The minimum absolute atomic E-state index is 0.0404. The highest BCUT2D eigenvalue weighted by Crippen LogP contribution is 2.20. The highest BCUT2D eigenvalue weighted by molar-refractivity contribution is 5.36. The molecule has 0 saturated carbocycles. The number of hydrogen-bond acceptors (Lipinski definition) is 4. The van der Waals surface area contributed by atoms with E-state index in [9.17, 15) is 0 Å². The van der Waals surface area contributed by atoms with Gasteiger partial charge in [0, 0.05) is 13.7 Å². The molecule has 1 aliphatic heterocycles. The second-order valence-corrected chi connectivity index (χ2v) is 3.45. The monoisotopic (exact) mass is 207 g/mol. The predicted octanol–water partition coefficient (Wildman–Crippen LogP) is 1.54. The van der Waals surface area contributed by atoms with Crippen LogP contribution in [0.5, 0.6) is 0 Å². The van der Waals surface area contributed by atoms with E-state index in [-0.39, 0.29) is 6.23 Å². The molecule has 0 radical (unpaired) electrons. The predicted molar refractivity (Wildman–Crippen MR) is 58.4 cm³/mol. The smallest absolute Gasteiger partial charge is 0.144 e. The average molecular weight is 207 g/mol. The summed E-state index contributed by atoms with van der Waals surface area (Å²) in [4.78, 5) is 0. The fourth-order valence-corrected chi connectivity index (χ4v) is 1.59. The van der Waals surface area contributed by atoms with Gasteiger partial charge in [-0.05, 0) is 19.3 Å². The molecule has 1 N–H and O–H groups in total. The Kier molecular flexibility index (Phi) is 4.35. The number of hydrogen-bond donors (Lipinski definition) is 1. The van der Waals surface area contributed by atoms with Crippen molar-refractivity contribution in [3.63, 3.8) is 0 Å². The van der Waals surface area contributed by atoms with Crippen molar-refractivity contribution in [2.75, 3.05) is 13.7 Å².